The van der Waals surface area contributed by atoms with Crippen LogP contribution in [0, 0.1) is 6.92 Å². The Hall–Kier alpha value is -1.55. The normalized spacial score (nSPS) is 19.5. The predicted molar refractivity (Wildman–Crippen MR) is 70.6 cm³/mol. The van der Waals surface area contributed by atoms with Gasteiger partial charge in [-0.1, -0.05) is 17.7 Å². The van der Waals surface area contributed by atoms with E-state index in [2.05, 4.69) is 5.32 Å². The number of aryl methyl sites for hydroxylation is 1. The molecule has 0 spiro atoms. The van der Waals surface area contributed by atoms with Crippen molar-refractivity contribution in [2.75, 3.05) is 11.9 Å². The van der Waals surface area contributed by atoms with Gasteiger partial charge in [-0.25, -0.2) is 0 Å². The van der Waals surface area contributed by atoms with Gasteiger partial charge in [0.2, 0.25) is 5.91 Å². The monoisotopic (exact) mass is 266 g/mol. The Morgan fingerprint density at radius 1 is 1.44 bits per heavy atom. The van der Waals surface area contributed by atoms with Crippen LogP contribution < -0.4 is 5.32 Å². The first-order chi connectivity index (χ1) is 8.52. The molecule has 0 aliphatic carbocycles. The Labute approximate surface area is 111 Å². The number of halogens is 1. The topological polar surface area (TPSA) is 49.4 Å². The molecule has 1 fully saturated rings. The highest BCUT2D eigenvalue weighted by atomic mass is 35.5. The number of hydrogen-bond acceptors (Lipinski definition) is 3. The van der Waals surface area contributed by atoms with Crippen molar-refractivity contribution in [2.45, 2.75) is 26.3 Å². The summed E-state index contributed by atoms with van der Waals surface area (Å²) in [5.41, 5.74) is 1.74. The van der Waals surface area contributed by atoms with Crippen molar-refractivity contribution in [2.24, 2.45) is 0 Å². The number of hydrogen-bond donors (Lipinski definition) is 1. The summed E-state index contributed by atoms with van der Waals surface area (Å²) in [4.78, 5) is 24.8. The van der Waals surface area contributed by atoms with Crippen LogP contribution in [0.1, 0.15) is 18.9 Å². The summed E-state index contributed by atoms with van der Waals surface area (Å²) in [5, 5.41) is 3.60. The lowest BCUT2D eigenvalue weighted by molar-refractivity contribution is -0.138. The van der Waals surface area contributed by atoms with E-state index < -0.39 is 6.04 Å². The summed E-state index contributed by atoms with van der Waals surface area (Å²) in [7, 11) is 0. The van der Waals surface area contributed by atoms with Crippen molar-refractivity contribution in [1.82, 2.24) is 4.90 Å². The molecule has 96 valence electrons. The van der Waals surface area contributed by atoms with E-state index in [9.17, 15) is 9.59 Å². The third kappa shape index (κ3) is 2.34. The molecule has 1 aromatic rings. The van der Waals surface area contributed by atoms with Crippen LogP contribution >= 0.6 is 11.6 Å². The zero-order valence-corrected chi connectivity index (χ0v) is 11.1. The Kier molecular flexibility index (Phi) is 3.57. The number of imide groups is 1. The first kappa shape index (κ1) is 12.9. The van der Waals surface area contributed by atoms with E-state index in [1.807, 2.05) is 19.1 Å². The van der Waals surface area contributed by atoms with E-state index in [0.29, 0.717) is 17.3 Å². The lowest BCUT2D eigenvalue weighted by Gasteiger charge is -2.15. The molecule has 2 rings (SSSR count). The first-order valence-corrected chi connectivity index (χ1v) is 6.27. The van der Waals surface area contributed by atoms with Gasteiger partial charge in [-0.2, -0.15) is 0 Å². The fourth-order valence-electron chi connectivity index (χ4n) is 2.07. The zero-order chi connectivity index (χ0) is 13.3. The van der Waals surface area contributed by atoms with Gasteiger partial charge in [0.05, 0.1) is 17.1 Å². The number of carbonyl (C=O) groups excluding carboxylic acids is 2. The molecule has 1 aliphatic rings. The molecule has 0 aromatic heterocycles. The highest BCUT2D eigenvalue weighted by Gasteiger charge is 2.37. The van der Waals surface area contributed by atoms with Crippen molar-refractivity contribution in [1.29, 1.82) is 0 Å². The van der Waals surface area contributed by atoms with Crippen molar-refractivity contribution < 1.29 is 9.59 Å². The fourth-order valence-corrected chi connectivity index (χ4v) is 2.24. The third-order valence-corrected chi connectivity index (χ3v) is 3.34. The molecule has 5 heteroatoms. The number of likely N-dealkylation sites (tertiary alicyclic amines) is 1. The Bertz CT molecular complexity index is 502. The Morgan fingerprint density at radius 3 is 2.78 bits per heavy atom. The molecule has 0 saturated carbocycles. The van der Waals surface area contributed by atoms with E-state index in [0.717, 1.165) is 5.56 Å². The lowest BCUT2D eigenvalue weighted by atomic mass is 10.2. The smallest absolute Gasteiger partial charge is 0.252 e. The number of nitrogens with one attached hydrogen (secondary N) is 1. The summed E-state index contributed by atoms with van der Waals surface area (Å²) in [5.74, 6) is -0.316. The van der Waals surface area contributed by atoms with Gasteiger partial charge in [0, 0.05) is 6.54 Å². The molecular formula is C13H15ClN2O2. The molecule has 1 aliphatic heterocycles. The minimum atomic E-state index is -0.503. The lowest BCUT2D eigenvalue weighted by Crippen LogP contribution is -2.34. The fraction of sp³-hybridized carbons (Fsp3) is 0.385. The second-order valence-corrected chi connectivity index (χ2v) is 4.77. The van der Waals surface area contributed by atoms with Crippen LogP contribution in [-0.4, -0.2) is 29.3 Å². The van der Waals surface area contributed by atoms with Crippen molar-refractivity contribution in [3.63, 3.8) is 0 Å². The summed E-state index contributed by atoms with van der Waals surface area (Å²) in [6.07, 6.45) is 0.191. The van der Waals surface area contributed by atoms with Gasteiger partial charge in [-0.3, -0.25) is 14.5 Å². The molecule has 0 radical (unpaired) electrons. The predicted octanol–water partition coefficient (Wildman–Crippen LogP) is 2.21. The quantitative estimate of drug-likeness (QED) is 0.854. The number of amides is 2. The number of nitrogens with zero attached hydrogens (tertiary/aromatic N) is 1. The maximum atomic E-state index is 11.9. The van der Waals surface area contributed by atoms with Gasteiger partial charge in [0.1, 0.15) is 6.04 Å². The summed E-state index contributed by atoms with van der Waals surface area (Å²) < 4.78 is 0. The van der Waals surface area contributed by atoms with Crippen molar-refractivity contribution in [3.8, 4) is 0 Å². The molecule has 0 bridgehead atoms. The van der Waals surface area contributed by atoms with Gasteiger partial charge < -0.3 is 5.32 Å². The van der Waals surface area contributed by atoms with E-state index in [-0.39, 0.29) is 18.2 Å². The highest BCUT2D eigenvalue weighted by Crippen LogP contribution is 2.26. The van der Waals surface area contributed by atoms with Crippen molar-refractivity contribution in [3.05, 3.63) is 28.8 Å². The third-order valence-electron chi connectivity index (χ3n) is 3.01. The second-order valence-electron chi connectivity index (χ2n) is 4.36. The molecule has 18 heavy (non-hydrogen) atoms. The molecule has 1 saturated heterocycles. The molecular weight excluding hydrogens is 252 g/mol. The Balaban J connectivity index is 2.18. The standard InChI is InChI=1S/C13H15ClN2O2/c1-3-16-12(17)7-11(13(16)18)15-10-6-8(2)4-5-9(10)14/h4-6,11,15H,3,7H2,1-2H3. The maximum Gasteiger partial charge on any atom is 0.252 e. The van der Waals surface area contributed by atoms with Gasteiger partial charge in [0.25, 0.3) is 5.91 Å². The van der Waals surface area contributed by atoms with E-state index in [4.69, 9.17) is 11.6 Å². The number of carbonyl (C=O) groups is 2. The summed E-state index contributed by atoms with van der Waals surface area (Å²) in [6, 6.07) is 5.04. The SMILES string of the molecule is CCN1C(=O)CC(Nc2cc(C)ccc2Cl)C1=O. The van der Waals surface area contributed by atoms with Crippen molar-refractivity contribution >= 4 is 29.1 Å². The number of rotatable bonds is 3. The van der Waals surface area contributed by atoms with Gasteiger partial charge in [-0.05, 0) is 31.5 Å². The molecule has 1 aromatic carbocycles. The highest BCUT2D eigenvalue weighted by molar-refractivity contribution is 6.33. The second kappa shape index (κ2) is 4.98. The van der Waals surface area contributed by atoms with Crippen LogP contribution in [-0.2, 0) is 9.59 Å². The number of benzene rings is 1. The van der Waals surface area contributed by atoms with Crippen LogP contribution in [0.15, 0.2) is 18.2 Å². The average Bonchev–Trinajstić information content (AvgIpc) is 2.59. The van der Waals surface area contributed by atoms with Gasteiger partial charge >= 0.3 is 0 Å². The molecule has 4 nitrogen and oxygen atoms in total. The molecule has 1 heterocycles. The van der Waals surface area contributed by atoms with Crippen LogP contribution in [0.25, 0.3) is 0 Å². The first-order valence-electron chi connectivity index (χ1n) is 5.89. The maximum absolute atomic E-state index is 11.9. The van der Waals surface area contributed by atoms with Crippen LogP contribution in [0.4, 0.5) is 5.69 Å². The van der Waals surface area contributed by atoms with E-state index in [1.165, 1.54) is 4.90 Å². The molecule has 1 unspecified atom stereocenters. The molecule has 2 amide bonds. The number of likely N-dealkylation sites (N-methyl/N-ethyl adjacent to an activating group) is 1. The van der Waals surface area contributed by atoms with Gasteiger partial charge in [0.15, 0.2) is 0 Å². The Morgan fingerprint density at radius 2 is 2.17 bits per heavy atom. The minimum absolute atomic E-state index is 0.135. The van der Waals surface area contributed by atoms with E-state index >= 15 is 0 Å². The van der Waals surface area contributed by atoms with E-state index in [1.54, 1.807) is 13.0 Å². The largest absolute Gasteiger partial charge is 0.372 e. The van der Waals surface area contributed by atoms with Crippen LogP contribution in [0.5, 0.6) is 0 Å². The minimum Gasteiger partial charge on any atom is -0.372 e. The van der Waals surface area contributed by atoms with Gasteiger partial charge in [-0.15, -0.1) is 0 Å². The molecule has 1 atom stereocenters. The molecule has 1 N–H and O–H groups in total. The average molecular weight is 267 g/mol. The summed E-state index contributed by atoms with van der Waals surface area (Å²) >= 11 is 6.06. The number of anilines is 1. The zero-order valence-electron chi connectivity index (χ0n) is 10.4. The van der Waals surface area contributed by atoms with Crippen LogP contribution in [0.3, 0.4) is 0 Å². The summed E-state index contributed by atoms with van der Waals surface area (Å²) in [6.45, 7) is 4.15. The van der Waals surface area contributed by atoms with Crippen LogP contribution in [0.2, 0.25) is 5.02 Å².